The van der Waals surface area contributed by atoms with E-state index in [2.05, 4.69) is 12.2 Å². The van der Waals surface area contributed by atoms with Gasteiger partial charge in [0.2, 0.25) is 0 Å². The van der Waals surface area contributed by atoms with Crippen LogP contribution in [0, 0.1) is 5.41 Å². The predicted molar refractivity (Wildman–Crippen MR) is 63.3 cm³/mol. The van der Waals surface area contributed by atoms with Crippen LogP contribution in [0.2, 0.25) is 0 Å². The molecule has 0 spiro atoms. The molecule has 0 aromatic heterocycles. The molecule has 17 heavy (non-hydrogen) atoms. The van der Waals surface area contributed by atoms with Crippen molar-refractivity contribution < 1.29 is 31.9 Å². The summed E-state index contributed by atoms with van der Waals surface area (Å²) in [7, 11) is 0. The van der Waals surface area contributed by atoms with E-state index < -0.39 is 17.1 Å². The molecule has 6 heteroatoms. The van der Waals surface area contributed by atoms with Crippen molar-refractivity contribution in [2.75, 3.05) is 0 Å². The zero-order chi connectivity index (χ0) is 12.3. The third kappa shape index (κ3) is 3.58. The molecular formula is C11H17FeNO3S. The average Bonchev–Trinajstić information content (AvgIpc) is 2.79. The molecular weight excluding hydrogens is 282 g/mol. The minimum Gasteiger partial charge on any atom is -0.293 e. The normalized spacial score (nSPS) is 16.2. The maximum atomic E-state index is 11.9. The molecule has 1 fully saturated rings. The second-order valence-corrected chi connectivity index (χ2v) is 4.93. The number of amides is 1. The van der Waals surface area contributed by atoms with Gasteiger partial charge in [0.25, 0.3) is 5.91 Å². The maximum Gasteiger partial charge on any atom is 0.259 e. The van der Waals surface area contributed by atoms with Crippen LogP contribution in [-0.2, 0) is 26.7 Å². The molecule has 1 aliphatic carbocycles. The van der Waals surface area contributed by atoms with Gasteiger partial charge in [0.1, 0.15) is 5.41 Å². The number of nitrogens with zero attached hydrogens (tertiary/aromatic N) is 1. The molecule has 98 valence electrons. The summed E-state index contributed by atoms with van der Waals surface area (Å²) in [6.45, 7) is 2.97. The van der Waals surface area contributed by atoms with Crippen molar-refractivity contribution in [1.29, 1.82) is 0 Å². The van der Waals surface area contributed by atoms with E-state index in [4.69, 9.17) is 0 Å². The summed E-state index contributed by atoms with van der Waals surface area (Å²) in [5, 5.41) is 11.5. The first-order valence-corrected chi connectivity index (χ1v) is 5.90. The second kappa shape index (κ2) is 6.59. The first kappa shape index (κ1) is 16.7. The van der Waals surface area contributed by atoms with Crippen LogP contribution < -0.4 is 0 Å². The van der Waals surface area contributed by atoms with E-state index in [9.17, 15) is 14.8 Å². The number of hydroxylamine groups is 2. The quantitative estimate of drug-likeness (QED) is 0.282. The fourth-order valence-corrected chi connectivity index (χ4v) is 2.15. The molecule has 0 saturated heterocycles. The molecule has 0 aromatic rings. The van der Waals surface area contributed by atoms with Gasteiger partial charge in [0, 0.05) is 22.4 Å². The number of hydrogen-bond donors (Lipinski definition) is 1. The van der Waals surface area contributed by atoms with E-state index in [1.807, 2.05) is 0 Å². The fourth-order valence-electron chi connectivity index (χ4n) is 1.85. The molecule has 1 saturated carbocycles. The van der Waals surface area contributed by atoms with Gasteiger partial charge in [0.05, 0.1) is 6.04 Å². The number of carbonyl (C=O) groups excluding carboxylic acids is 2. The zero-order valence-electron chi connectivity index (χ0n) is 9.96. The van der Waals surface area contributed by atoms with E-state index in [0.717, 1.165) is 36.1 Å². The summed E-state index contributed by atoms with van der Waals surface area (Å²) in [5.41, 5.74) is -1.26. The number of hydrogen-bond acceptors (Lipinski definition) is 4. The van der Waals surface area contributed by atoms with Gasteiger partial charge in [0.15, 0.2) is 5.78 Å². The molecule has 0 atom stereocenters. The summed E-state index contributed by atoms with van der Waals surface area (Å²) in [5.74, 6) is -1.00. The van der Waals surface area contributed by atoms with Crippen molar-refractivity contribution in [3.05, 3.63) is 0 Å². The Morgan fingerprint density at radius 1 is 1.35 bits per heavy atom. The molecule has 0 unspecified atom stereocenters. The second-order valence-electron chi connectivity index (χ2n) is 4.70. The Morgan fingerprint density at radius 3 is 2.24 bits per heavy atom. The van der Waals surface area contributed by atoms with E-state index >= 15 is 0 Å². The van der Waals surface area contributed by atoms with Gasteiger partial charge in [-0.3, -0.25) is 14.8 Å². The number of carbonyl (C=O) groups is 2. The van der Waals surface area contributed by atoms with Crippen molar-refractivity contribution >= 4 is 29.3 Å². The number of ketones is 1. The molecule has 0 aromatic carbocycles. The third-order valence-electron chi connectivity index (χ3n) is 3.14. The van der Waals surface area contributed by atoms with E-state index in [-0.39, 0.29) is 23.1 Å². The molecule has 0 aliphatic heterocycles. The number of Topliss-reactive ketones (excluding diaryl/α,β-unsaturated/α-hetero) is 1. The van der Waals surface area contributed by atoms with Crippen LogP contribution in [0.3, 0.4) is 0 Å². The predicted octanol–water partition coefficient (Wildman–Crippen LogP) is 1.74. The topological polar surface area (TPSA) is 57.6 Å². The summed E-state index contributed by atoms with van der Waals surface area (Å²) >= 11 is 4.54. The van der Waals surface area contributed by atoms with Crippen molar-refractivity contribution in [2.45, 2.75) is 45.6 Å². The van der Waals surface area contributed by atoms with Crippen LogP contribution >= 0.6 is 12.2 Å². The van der Waals surface area contributed by atoms with Gasteiger partial charge in [-0.25, -0.2) is 5.06 Å². The third-order valence-corrected chi connectivity index (χ3v) is 3.35. The van der Waals surface area contributed by atoms with Gasteiger partial charge in [-0.1, -0.05) is 25.1 Å². The van der Waals surface area contributed by atoms with E-state index in [0.29, 0.717) is 0 Å². The average molecular weight is 299 g/mol. The largest absolute Gasteiger partial charge is 0.293 e. The molecule has 0 bridgehead atoms. The SMILES string of the molecule is CC(C)(C(=O)C=S)C(=O)N(O)C1CCCC1.[Fe]. The number of thiocarbonyl (C=S) groups is 1. The van der Waals surface area contributed by atoms with Crippen molar-refractivity contribution in [1.82, 2.24) is 5.06 Å². The summed E-state index contributed by atoms with van der Waals surface area (Å²) in [6, 6.07) is -0.148. The van der Waals surface area contributed by atoms with Crippen LogP contribution in [0.15, 0.2) is 0 Å². The summed E-state index contributed by atoms with van der Waals surface area (Å²) in [6.07, 6.45) is 3.61. The van der Waals surface area contributed by atoms with Crippen LogP contribution in [0.1, 0.15) is 39.5 Å². The molecule has 4 nitrogen and oxygen atoms in total. The molecule has 1 aliphatic rings. The monoisotopic (exact) mass is 299 g/mol. The van der Waals surface area contributed by atoms with Crippen molar-refractivity contribution in [3.63, 3.8) is 0 Å². The Labute approximate surface area is 117 Å². The Kier molecular flexibility index (Phi) is 6.48. The Balaban J connectivity index is 0.00000256. The van der Waals surface area contributed by atoms with Gasteiger partial charge in [-0.05, 0) is 26.7 Å². The molecule has 0 radical (unpaired) electrons. The van der Waals surface area contributed by atoms with Gasteiger partial charge in [-0.15, -0.1) is 0 Å². The Morgan fingerprint density at radius 2 is 1.82 bits per heavy atom. The van der Waals surface area contributed by atoms with Crippen LogP contribution in [0.5, 0.6) is 0 Å². The fraction of sp³-hybridized carbons (Fsp3) is 0.727. The first-order valence-electron chi connectivity index (χ1n) is 5.43. The summed E-state index contributed by atoms with van der Waals surface area (Å²) in [4.78, 5) is 23.4. The minimum atomic E-state index is -1.26. The zero-order valence-corrected chi connectivity index (χ0v) is 11.9. The van der Waals surface area contributed by atoms with Gasteiger partial charge in [-0.2, -0.15) is 0 Å². The smallest absolute Gasteiger partial charge is 0.259 e. The first-order chi connectivity index (χ1) is 7.41. The van der Waals surface area contributed by atoms with Crippen LogP contribution in [-0.4, -0.2) is 33.4 Å². The standard InChI is InChI=1S/C11H17NO3S.Fe/c1-11(2,9(13)7-16)10(14)12(15)8-5-3-4-6-8;/h7-8,15H,3-6H2,1-2H3;. The molecule has 1 rings (SSSR count). The number of rotatable bonds is 4. The summed E-state index contributed by atoms with van der Waals surface area (Å²) < 4.78 is 0. The minimum absolute atomic E-state index is 0. The molecule has 0 heterocycles. The van der Waals surface area contributed by atoms with E-state index in [1.54, 1.807) is 0 Å². The maximum absolute atomic E-state index is 11.9. The molecule has 1 amide bonds. The van der Waals surface area contributed by atoms with Crippen LogP contribution in [0.4, 0.5) is 0 Å². The van der Waals surface area contributed by atoms with Gasteiger partial charge < -0.3 is 0 Å². The van der Waals surface area contributed by atoms with E-state index in [1.165, 1.54) is 13.8 Å². The van der Waals surface area contributed by atoms with Crippen molar-refractivity contribution in [2.24, 2.45) is 5.41 Å². The van der Waals surface area contributed by atoms with Gasteiger partial charge >= 0.3 is 0 Å². The molecule has 1 N–H and O–H groups in total. The van der Waals surface area contributed by atoms with Crippen LogP contribution in [0.25, 0.3) is 0 Å². The Bertz CT molecular complexity index is 314. The van der Waals surface area contributed by atoms with Crippen molar-refractivity contribution in [3.8, 4) is 0 Å². The Hall–Kier alpha value is -0.291.